The molecule has 1 heterocycles. The van der Waals surface area contributed by atoms with Gasteiger partial charge in [-0.2, -0.15) is 0 Å². The molecular formula is C14H18FNO3. The van der Waals surface area contributed by atoms with E-state index in [9.17, 15) is 9.18 Å². The van der Waals surface area contributed by atoms with E-state index in [2.05, 4.69) is 0 Å². The number of benzene rings is 1. The minimum atomic E-state index is -0.476. The highest BCUT2D eigenvalue weighted by atomic mass is 19.1. The number of nitrogens with zero attached hydrogens (tertiary/aromatic N) is 1. The fourth-order valence-corrected chi connectivity index (χ4v) is 2.15. The van der Waals surface area contributed by atoms with Gasteiger partial charge in [0.2, 0.25) is 0 Å². The Balaban J connectivity index is 1.90. The number of methoxy groups -OCH3 is 1. The van der Waals surface area contributed by atoms with E-state index in [1.165, 1.54) is 12.1 Å². The van der Waals surface area contributed by atoms with E-state index in [0.717, 1.165) is 6.42 Å². The number of likely N-dealkylation sites (tertiary alicyclic amines) is 1. The fraction of sp³-hybridized carbons (Fsp3) is 0.500. The normalized spacial score (nSPS) is 18.8. The van der Waals surface area contributed by atoms with Gasteiger partial charge in [-0.3, -0.25) is 4.79 Å². The van der Waals surface area contributed by atoms with Gasteiger partial charge in [-0.15, -0.1) is 0 Å². The summed E-state index contributed by atoms with van der Waals surface area (Å²) in [4.78, 5) is 13.8. The first kappa shape index (κ1) is 14.0. The average molecular weight is 267 g/mol. The molecule has 1 amide bonds. The van der Waals surface area contributed by atoms with Crippen molar-refractivity contribution in [3.8, 4) is 0 Å². The zero-order valence-electron chi connectivity index (χ0n) is 11.0. The minimum Gasteiger partial charge on any atom is -0.382 e. The van der Waals surface area contributed by atoms with E-state index >= 15 is 0 Å². The summed E-state index contributed by atoms with van der Waals surface area (Å²) < 4.78 is 24.0. The largest absolute Gasteiger partial charge is 0.382 e. The summed E-state index contributed by atoms with van der Waals surface area (Å²) in [6.07, 6.45) is 0.801. The van der Waals surface area contributed by atoms with Gasteiger partial charge in [0.05, 0.1) is 24.9 Å². The standard InChI is InChI=1S/C14H18FNO3/c1-18-8-9-19-11-6-7-16(10-11)14(17)12-4-2-3-5-13(12)15/h2-5,11H,6-10H2,1H3. The molecule has 0 N–H and O–H groups in total. The average Bonchev–Trinajstić information content (AvgIpc) is 2.88. The number of carbonyl (C=O) groups excluding carboxylic acids is 1. The Hall–Kier alpha value is -1.46. The molecular weight excluding hydrogens is 249 g/mol. The summed E-state index contributed by atoms with van der Waals surface area (Å²) in [5.41, 5.74) is 0.125. The van der Waals surface area contributed by atoms with Crippen LogP contribution in [0.25, 0.3) is 0 Å². The third-order valence-corrected chi connectivity index (χ3v) is 3.18. The highest BCUT2D eigenvalue weighted by Gasteiger charge is 2.28. The summed E-state index contributed by atoms with van der Waals surface area (Å²) in [6.45, 7) is 2.17. The van der Waals surface area contributed by atoms with E-state index in [0.29, 0.717) is 26.3 Å². The Morgan fingerprint density at radius 3 is 2.95 bits per heavy atom. The van der Waals surface area contributed by atoms with Crippen LogP contribution >= 0.6 is 0 Å². The molecule has 0 saturated carbocycles. The van der Waals surface area contributed by atoms with Gasteiger partial charge in [0, 0.05) is 20.2 Å². The van der Waals surface area contributed by atoms with Crippen LogP contribution in [0.2, 0.25) is 0 Å². The molecule has 104 valence electrons. The predicted octanol–water partition coefficient (Wildman–Crippen LogP) is 1.70. The van der Waals surface area contributed by atoms with E-state index in [-0.39, 0.29) is 17.6 Å². The van der Waals surface area contributed by atoms with Crippen LogP contribution in [0.3, 0.4) is 0 Å². The Morgan fingerprint density at radius 1 is 1.42 bits per heavy atom. The summed E-state index contributed by atoms with van der Waals surface area (Å²) in [5.74, 6) is -0.743. The van der Waals surface area contributed by atoms with Gasteiger partial charge in [-0.1, -0.05) is 12.1 Å². The molecule has 4 nitrogen and oxygen atoms in total. The van der Waals surface area contributed by atoms with Gasteiger partial charge in [-0.25, -0.2) is 4.39 Å². The zero-order chi connectivity index (χ0) is 13.7. The second-order valence-corrected chi connectivity index (χ2v) is 4.51. The Morgan fingerprint density at radius 2 is 2.21 bits per heavy atom. The van der Waals surface area contributed by atoms with E-state index < -0.39 is 5.82 Å². The lowest BCUT2D eigenvalue weighted by Crippen LogP contribution is -2.31. The van der Waals surface area contributed by atoms with Crippen LogP contribution in [0.15, 0.2) is 24.3 Å². The molecule has 0 spiro atoms. The fourth-order valence-electron chi connectivity index (χ4n) is 2.15. The molecule has 1 unspecified atom stereocenters. The second-order valence-electron chi connectivity index (χ2n) is 4.51. The van der Waals surface area contributed by atoms with Crippen molar-refractivity contribution in [3.05, 3.63) is 35.6 Å². The number of rotatable bonds is 5. The van der Waals surface area contributed by atoms with Gasteiger partial charge in [-0.05, 0) is 18.6 Å². The van der Waals surface area contributed by atoms with Gasteiger partial charge >= 0.3 is 0 Å². The maximum absolute atomic E-state index is 13.5. The Labute approximate surface area is 112 Å². The smallest absolute Gasteiger partial charge is 0.256 e. The number of hydrogen-bond acceptors (Lipinski definition) is 3. The molecule has 0 aromatic heterocycles. The topological polar surface area (TPSA) is 38.8 Å². The van der Waals surface area contributed by atoms with Crippen LogP contribution in [0.4, 0.5) is 4.39 Å². The summed E-state index contributed by atoms with van der Waals surface area (Å²) in [7, 11) is 1.62. The molecule has 2 rings (SSSR count). The molecule has 19 heavy (non-hydrogen) atoms. The molecule has 5 heteroatoms. The van der Waals surface area contributed by atoms with Crippen molar-refractivity contribution in [2.75, 3.05) is 33.4 Å². The monoisotopic (exact) mass is 267 g/mol. The number of ether oxygens (including phenoxy) is 2. The van der Waals surface area contributed by atoms with Crippen LogP contribution in [0.1, 0.15) is 16.8 Å². The lowest BCUT2D eigenvalue weighted by Gasteiger charge is -2.17. The first-order valence-corrected chi connectivity index (χ1v) is 6.36. The van der Waals surface area contributed by atoms with Gasteiger partial charge in [0.1, 0.15) is 5.82 Å². The van der Waals surface area contributed by atoms with Crippen molar-refractivity contribution in [3.63, 3.8) is 0 Å². The number of carbonyl (C=O) groups is 1. The third-order valence-electron chi connectivity index (χ3n) is 3.18. The molecule has 1 aliphatic rings. The Kier molecular flexibility index (Phi) is 4.87. The lowest BCUT2D eigenvalue weighted by atomic mass is 10.2. The highest BCUT2D eigenvalue weighted by Crippen LogP contribution is 2.17. The first-order valence-electron chi connectivity index (χ1n) is 6.36. The van der Waals surface area contributed by atoms with Gasteiger partial charge in [0.15, 0.2) is 0 Å². The number of halogens is 1. The summed E-state index contributed by atoms with van der Waals surface area (Å²) in [5, 5.41) is 0. The van der Waals surface area contributed by atoms with E-state index in [1.807, 2.05) is 0 Å². The van der Waals surface area contributed by atoms with Crippen LogP contribution in [-0.2, 0) is 9.47 Å². The van der Waals surface area contributed by atoms with Crippen molar-refractivity contribution in [1.29, 1.82) is 0 Å². The molecule has 1 aromatic rings. The van der Waals surface area contributed by atoms with Crippen molar-refractivity contribution < 1.29 is 18.7 Å². The number of amides is 1. The predicted molar refractivity (Wildman–Crippen MR) is 68.5 cm³/mol. The van der Waals surface area contributed by atoms with Gasteiger partial charge in [0.25, 0.3) is 5.91 Å². The van der Waals surface area contributed by atoms with E-state index in [1.54, 1.807) is 24.1 Å². The molecule has 0 bridgehead atoms. The zero-order valence-corrected chi connectivity index (χ0v) is 11.0. The quantitative estimate of drug-likeness (QED) is 0.762. The molecule has 1 atom stereocenters. The SMILES string of the molecule is COCCOC1CCN(C(=O)c2ccccc2F)C1. The van der Waals surface area contributed by atoms with E-state index in [4.69, 9.17) is 9.47 Å². The maximum Gasteiger partial charge on any atom is 0.256 e. The first-order chi connectivity index (χ1) is 9.22. The third kappa shape index (κ3) is 3.52. The second kappa shape index (κ2) is 6.63. The van der Waals surface area contributed by atoms with Crippen molar-refractivity contribution in [2.24, 2.45) is 0 Å². The van der Waals surface area contributed by atoms with Crippen LogP contribution in [0.5, 0.6) is 0 Å². The Bertz CT molecular complexity index is 438. The van der Waals surface area contributed by atoms with Gasteiger partial charge < -0.3 is 14.4 Å². The summed E-state index contributed by atoms with van der Waals surface area (Å²) >= 11 is 0. The van der Waals surface area contributed by atoms with Crippen molar-refractivity contribution in [2.45, 2.75) is 12.5 Å². The lowest BCUT2D eigenvalue weighted by molar-refractivity contribution is 0.0218. The van der Waals surface area contributed by atoms with Crippen molar-refractivity contribution in [1.82, 2.24) is 4.90 Å². The molecule has 1 saturated heterocycles. The number of hydrogen-bond donors (Lipinski definition) is 0. The summed E-state index contributed by atoms with van der Waals surface area (Å²) in [6, 6.07) is 6.05. The minimum absolute atomic E-state index is 0.0193. The van der Waals surface area contributed by atoms with Crippen LogP contribution in [-0.4, -0.2) is 50.3 Å². The maximum atomic E-state index is 13.5. The highest BCUT2D eigenvalue weighted by molar-refractivity contribution is 5.94. The molecule has 1 fully saturated rings. The molecule has 1 aliphatic heterocycles. The van der Waals surface area contributed by atoms with Crippen LogP contribution < -0.4 is 0 Å². The molecule has 0 radical (unpaired) electrons. The molecule has 0 aliphatic carbocycles. The van der Waals surface area contributed by atoms with Crippen LogP contribution in [0, 0.1) is 5.82 Å². The molecule has 1 aromatic carbocycles. The van der Waals surface area contributed by atoms with Crippen molar-refractivity contribution >= 4 is 5.91 Å².